The Bertz CT molecular complexity index is 117. The summed E-state index contributed by atoms with van der Waals surface area (Å²) in [5.41, 5.74) is 0. The van der Waals surface area contributed by atoms with Crippen LogP contribution in [0.4, 0.5) is 0 Å². The number of aliphatic hydroxyl groups is 1. The standard InChI is InChI=1S/C8H12O.Zr/c9-7-3-6-8-4-1-2-5-8;/h1-2,4-5,8-9H,3,6-7H2;. The Kier molecular flexibility index (Phi) is 6.26. The molecule has 0 spiro atoms. The van der Waals surface area contributed by atoms with Crippen LogP contribution in [0.2, 0.25) is 0 Å². The molecule has 54 valence electrons. The maximum Gasteiger partial charge on any atom is 0.0431 e. The van der Waals surface area contributed by atoms with Gasteiger partial charge in [0, 0.05) is 32.8 Å². The van der Waals surface area contributed by atoms with Crippen molar-refractivity contribution in [2.24, 2.45) is 5.92 Å². The smallest absolute Gasteiger partial charge is 0.0431 e. The van der Waals surface area contributed by atoms with E-state index in [1.54, 1.807) is 0 Å². The molecule has 0 bridgehead atoms. The number of hydrogen-bond donors (Lipinski definition) is 1. The SMILES string of the molecule is OCCCC1C=CC=C1.[Zr]. The fraction of sp³-hybridized carbons (Fsp3) is 0.500. The van der Waals surface area contributed by atoms with Crippen LogP contribution in [0.15, 0.2) is 24.3 Å². The first-order chi connectivity index (χ1) is 4.43. The van der Waals surface area contributed by atoms with Crippen molar-refractivity contribution in [2.75, 3.05) is 6.61 Å². The molecule has 10 heavy (non-hydrogen) atoms. The van der Waals surface area contributed by atoms with Crippen molar-refractivity contribution in [1.82, 2.24) is 0 Å². The molecule has 1 aliphatic rings. The van der Waals surface area contributed by atoms with Crippen LogP contribution in [-0.2, 0) is 26.2 Å². The minimum Gasteiger partial charge on any atom is -0.396 e. The second-order valence-corrected chi connectivity index (χ2v) is 2.30. The number of aliphatic hydroxyl groups excluding tert-OH is 1. The summed E-state index contributed by atoms with van der Waals surface area (Å²) in [5, 5.41) is 8.48. The summed E-state index contributed by atoms with van der Waals surface area (Å²) in [6.45, 7) is 0.318. The van der Waals surface area contributed by atoms with Crippen LogP contribution in [0.25, 0.3) is 0 Å². The molecule has 0 aliphatic heterocycles. The molecule has 1 rings (SSSR count). The molecule has 0 aromatic rings. The van der Waals surface area contributed by atoms with Gasteiger partial charge in [-0.15, -0.1) is 0 Å². The number of allylic oxidation sites excluding steroid dienone is 4. The second kappa shape index (κ2) is 6.06. The minimum absolute atomic E-state index is 0. The molecule has 0 unspecified atom stereocenters. The first kappa shape index (κ1) is 10.3. The maximum absolute atomic E-state index is 8.48. The zero-order valence-electron chi connectivity index (χ0n) is 5.96. The summed E-state index contributed by atoms with van der Waals surface area (Å²) >= 11 is 0. The summed E-state index contributed by atoms with van der Waals surface area (Å²) in [5.74, 6) is 0.595. The van der Waals surface area contributed by atoms with E-state index < -0.39 is 0 Å². The first-order valence-electron chi connectivity index (χ1n) is 3.39. The van der Waals surface area contributed by atoms with Crippen molar-refractivity contribution in [2.45, 2.75) is 12.8 Å². The fourth-order valence-corrected chi connectivity index (χ4v) is 0.997. The zero-order chi connectivity index (χ0) is 6.53. The average Bonchev–Trinajstić information content (AvgIpc) is 2.34. The predicted octanol–water partition coefficient (Wildman–Crippen LogP) is 1.50. The summed E-state index contributed by atoms with van der Waals surface area (Å²) in [6, 6.07) is 0. The van der Waals surface area contributed by atoms with E-state index in [0.29, 0.717) is 12.5 Å². The van der Waals surface area contributed by atoms with Crippen molar-refractivity contribution in [3.05, 3.63) is 24.3 Å². The third kappa shape index (κ3) is 3.48. The Balaban J connectivity index is 0.000000810. The van der Waals surface area contributed by atoms with Gasteiger partial charge in [-0.05, 0) is 18.8 Å². The van der Waals surface area contributed by atoms with Gasteiger partial charge in [-0.1, -0.05) is 24.3 Å². The molecule has 0 saturated heterocycles. The van der Waals surface area contributed by atoms with Gasteiger partial charge in [0.2, 0.25) is 0 Å². The van der Waals surface area contributed by atoms with Crippen LogP contribution in [0.1, 0.15) is 12.8 Å². The van der Waals surface area contributed by atoms with E-state index in [2.05, 4.69) is 24.3 Å². The Morgan fingerprint density at radius 1 is 1.20 bits per heavy atom. The predicted molar refractivity (Wildman–Crippen MR) is 38.1 cm³/mol. The Morgan fingerprint density at radius 2 is 1.80 bits per heavy atom. The van der Waals surface area contributed by atoms with Crippen LogP contribution in [-0.4, -0.2) is 11.7 Å². The molecule has 0 radical (unpaired) electrons. The molecule has 2 heteroatoms. The molecule has 0 amide bonds. The van der Waals surface area contributed by atoms with Crippen molar-refractivity contribution in [3.63, 3.8) is 0 Å². The molecule has 1 N–H and O–H groups in total. The summed E-state index contributed by atoms with van der Waals surface area (Å²) < 4.78 is 0. The monoisotopic (exact) mass is 214 g/mol. The van der Waals surface area contributed by atoms with Gasteiger partial charge in [-0.3, -0.25) is 0 Å². The zero-order valence-corrected chi connectivity index (χ0v) is 8.41. The van der Waals surface area contributed by atoms with Gasteiger partial charge in [-0.2, -0.15) is 0 Å². The Morgan fingerprint density at radius 3 is 2.30 bits per heavy atom. The van der Waals surface area contributed by atoms with Crippen molar-refractivity contribution >= 4 is 0 Å². The van der Waals surface area contributed by atoms with Gasteiger partial charge < -0.3 is 5.11 Å². The van der Waals surface area contributed by atoms with Crippen LogP contribution < -0.4 is 0 Å². The van der Waals surface area contributed by atoms with E-state index in [1.807, 2.05) is 0 Å². The van der Waals surface area contributed by atoms with E-state index in [1.165, 1.54) is 0 Å². The topological polar surface area (TPSA) is 20.2 Å². The maximum atomic E-state index is 8.48. The van der Waals surface area contributed by atoms with Crippen LogP contribution in [0.5, 0.6) is 0 Å². The number of rotatable bonds is 3. The van der Waals surface area contributed by atoms with Gasteiger partial charge in [0.15, 0.2) is 0 Å². The first-order valence-corrected chi connectivity index (χ1v) is 3.39. The van der Waals surface area contributed by atoms with E-state index >= 15 is 0 Å². The molecular weight excluding hydrogens is 203 g/mol. The molecule has 1 aliphatic carbocycles. The van der Waals surface area contributed by atoms with Crippen LogP contribution >= 0.6 is 0 Å². The van der Waals surface area contributed by atoms with Gasteiger partial charge >= 0.3 is 0 Å². The molecule has 0 aromatic heterocycles. The van der Waals surface area contributed by atoms with Crippen molar-refractivity contribution in [1.29, 1.82) is 0 Å². The summed E-state index contributed by atoms with van der Waals surface area (Å²) in [6.07, 6.45) is 10.4. The van der Waals surface area contributed by atoms with Crippen molar-refractivity contribution < 1.29 is 31.3 Å². The van der Waals surface area contributed by atoms with Gasteiger partial charge in [-0.25, -0.2) is 0 Å². The largest absolute Gasteiger partial charge is 0.396 e. The van der Waals surface area contributed by atoms with Crippen LogP contribution in [0.3, 0.4) is 0 Å². The minimum atomic E-state index is 0. The Hall–Kier alpha value is 0.323. The molecule has 0 heterocycles. The average molecular weight is 215 g/mol. The van der Waals surface area contributed by atoms with Gasteiger partial charge in [0.1, 0.15) is 0 Å². The third-order valence-corrected chi connectivity index (χ3v) is 1.52. The molecule has 0 saturated carbocycles. The fourth-order valence-electron chi connectivity index (χ4n) is 0.997. The Labute approximate surface area is 81.0 Å². The van der Waals surface area contributed by atoms with E-state index in [-0.39, 0.29) is 26.2 Å². The van der Waals surface area contributed by atoms with Crippen molar-refractivity contribution in [3.8, 4) is 0 Å². The second-order valence-electron chi connectivity index (χ2n) is 2.30. The molecule has 1 nitrogen and oxygen atoms in total. The van der Waals surface area contributed by atoms with E-state index in [4.69, 9.17) is 5.11 Å². The quantitative estimate of drug-likeness (QED) is 0.756. The van der Waals surface area contributed by atoms with Crippen LogP contribution in [0, 0.1) is 5.92 Å². The third-order valence-electron chi connectivity index (χ3n) is 1.52. The van der Waals surface area contributed by atoms with E-state index in [0.717, 1.165) is 12.8 Å². The molecule has 0 fully saturated rings. The molecular formula is C8H12OZr. The number of hydrogen-bond acceptors (Lipinski definition) is 1. The van der Waals surface area contributed by atoms with Gasteiger partial charge in [0.05, 0.1) is 0 Å². The van der Waals surface area contributed by atoms with E-state index in [9.17, 15) is 0 Å². The summed E-state index contributed by atoms with van der Waals surface area (Å²) in [4.78, 5) is 0. The van der Waals surface area contributed by atoms with Gasteiger partial charge in [0.25, 0.3) is 0 Å². The summed E-state index contributed by atoms with van der Waals surface area (Å²) in [7, 11) is 0. The molecule has 0 atom stereocenters. The normalized spacial score (nSPS) is 15.7. The molecule has 0 aromatic carbocycles.